The van der Waals surface area contributed by atoms with Gasteiger partial charge in [-0.05, 0) is 33.7 Å². The van der Waals surface area contributed by atoms with E-state index < -0.39 is 0 Å². The number of aromatic nitrogens is 3. The van der Waals surface area contributed by atoms with Gasteiger partial charge < -0.3 is 5.32 Å². The Morgan fingerprint density at radius 3 is 2.69 bits per heavy atom. The van der Waals surface area contributed by atoms with Crippen molar-refractivity contribution in [3.05, 3.63) is 24.3 Å². The van der Waals surface area contributed by atoms with Gasteiger partial charge in [0.05, 0.1) is 0 Å². The Morgan fingerprint density at radius 2 is 2.12 bits per heavy atom. The Balaban J connectivity index is 2.17. The molecule has 4 heteroatoms. The summed E-state index contributed by atoms with van der Waals surface area (Å²) < 4.78 is 1.80. The second kappa shape index (κ2) is 5.80. The molecule has 0 bridgehead atoms. The molecule has 16 heavy (non-hydrogen) atoms. The van der Waals surface area contributed by atoms with Gasteiger partial charge >= 0.3 is 0 Å². The molecule has 0 aliphatic carbocycles. The van der Waals surface area contributed by atoms with Gasteiger partial charge in [0.25, 0.3) is 0 Å². The van der Waals surface area contributed by atoms with Gasteiger partial charge in [0.2, 0.25) is 0 Å². The van der Waals surface area contributed by atoms with Crippen LogP contribution in [0.15, 0.2) is 18.5 Å². The summed E-state index contributed by atoms with van der Waals surface area (Å²) in [6.07, 6.45) is 7.83. The minimum atomic E-state index is 0.206. The average Bonchev–Trinajstić information content (AvgIpc) is 2.56. The van der Waals surface area contributed by atoms with E-state index in [9.17, 15) is 0 Å². The van der Waals surface area contributed by atoms with Gasteiger partial charge in [0.15, 0.2) is 0 Å². The van der Waals surface area contributed by atoms with Gasteiger partial charge in [0, 0.05) is 19.0 Å². The van der Waals surface area contributed by atoms with Crippen molar-refractivity contribution in [2.45, 2.75) is 39.2 Å². The van der Waals surface area contributed by atoms with Crippen LogP contribution in [0.3, 0.4) is 0 Å². The lowest BCUT2D eigenvalue weighted by Gasteiger charge is -2.19. The van der Waals surface area contributed by atoms with Crippen LogP contribution in [-0.4, -0.2) is 26.8 Å². The Labute approximate surface area is 97.8 Å². The van der Waals surface area contributed by atoms with Crippen LogP contribution in [-0.2, 0) is 13.5 Å². The standard InChI is InChI=1S/C12H22N4/c1-12(2,3)14-9-7-5-6-8-11-13-10-15-16(11)4/h5-6,10,14H,7-9H2,1-4H3. The molecule has 1 N–H and O–H groups in total. The topological polar surface area (TPSA) is 42.7 Å². The predicted octanol–water partition coefficient (Wildman–Crippen LogP) is 1.69. The molecule has 0 aliphatic rings. The van der Waals surface area contributed by atoms with Crippen molar-refractivity contribution in [2.75, 3.05) is 6.54 Å². The third-order valence-corrected chi connectivity index (χ3v) is 2.24. The number of aryl methyl sites for hydroxylation is 1. The molecule has 0 unspecified atom stereocenters. The molecule has 90 valence electrons. The van der Waals surface area contributed by atoms with Crippen LogP contribution in [0.2, 0.25) is 0 Å². The maximum absolute atomic E-state index is 4.16. The zero-order valence-electron chi connectivity index (χ0n) is 10.7. The van der Waals surface area contributed by atoms with E-state index in [1.54, 1.807) is 11.0 Å². The molecule has 4 nitrogen and oxygen atoms in total. The Morgan fingerprint density at radius 1 is 1.38 bits per heavy atom. The third-order valence-electron chi connectivity index (χ3n) is 2.24. The maximum Gasteiger partial charge on any atom is 0.138 e. The first-order chi connectivity index (χ1) is 7.49. The van der Waals surface area contributed by atoms with Gasteiger partial charge in [-0.15, -0.1) is 0 Å². The summed E-state index contributed by atoms with van der Waals surface area (Å²) in [7, 11) is 1.91. The Kier molecular flexibility index (Phi) is 4.68. The lowest BCUT2D eigenvalue weighted by Crippen LogP contribution is -2.36. The average molecular weight is 222 g/mol. The van der Waals surface area contributed by atoms with E-state index in [0.29, 0.717) is 0 Å². The van der Waals surface area contributed by atoms with E-state index in [2.05, 4.69) is 48.3 Å². The highest BCUT2D eigenvalue weighted by atomic mass is 15.3. The first-order valence-corrected chi connectivity index (χ1v) is 5.72. The van der Waals surface area contributed by atoms with Crippen molar-refractivity contribution in [1.82, 2.24) is 20.1 Å². The summed E-state index contributed by atoms with van der Waals surface area (Å²) in [4.78, 5) is 4.16. The SMILES string of the molecule is Cn1ncnc1CC=CCCNC(C)(C)C. The monoisotopic (exact) mass is 222 g/mol. The summed E-state index contributed by atoms with van der Waals surface area (Å²) >= 11 is 0. The van der Waals surface area contributed by atoms with Crippen LogP contribution < -0.4 is 5.32 Å². The van der Waals surface area contributed by atoms with Gasteiger partial charge in [-0.2, -0.15) is 5.10 Å². The van der Waals surface area contributed by atoms with E-state index in [-0.39, 0.29) is 5.54 Å². The molecular weight excluding hydrogens is 200 g/mol. The van der Waals surface area contributed by atoms with Gasteiger partial charge in [-0.1, -0.05) is 12.2 Å². The van der Waals surface area contributed by atoms with E-state index in [0.717, 1.165) is 25.2 Å². The number of nitrogens with zero attached hydrogens (tertiary/aromatic N) is 3. The highest BCUT2D eigenvalue weighted by Crippen LogP contribution is 1.99. The molecule has 0 saturated carbocycles. The van der Waals surface area contributed by atoms with Gasteiger partial charge in [-0.25, -0.2) is 4.98 Å². The fourth-order valence-corrected chi connectivity index (χ4v) is 1.34. The second-order valence-corrected chi connectivity index (χ2v) is 4.94. The summed E-state index contributed by atoms with van der Waals surface area (Å²) in [6.45, 7) is 7.54. The highest BCUT2D eigenvalue weighted by Gasteiger charge is 2.06. The molecule has 1 aromatic rings. The van der Waals surface area contributed by atoms with Gasteiger partial charge in [0.1, 0.15) is 12.2 Å². The maximum atomic E-state index is 4.16. The van der Waals surface area contributed by atoms with Crippen LogP contribution in [0.4, 0.5) is 0 Å². The van der Waals surface area contributed by atoms with E-state index in [1.165, 1.54) is 0 Å². The smallest absolute Gasteiger partial charge is 0.138 e. The molecule has 0 aliphatic heterocycles. The van der Waals surface area contributed by atoms with Crippen LogP contribution in [0, 0.1) is 0 Å². The third kappa shape index (κ3) is 5.07. The second-order valence-electron chi connectivity index (χ2n) is 4.94. The number of rotatable bonds is 5. The molecule has 0 amide bonds. The highest BCUT2D eigenvalue weighted by molar-refractivity contribution is 4.95. The molecule has 0 radical (unpaired) electrons. The van der Waals surface area contributed by atoms with Crippen LogP contribution in [0.5, 0.6) is 0 Å². The van der Waals surface area contributed by atoms with E-state index >= 15 is 0 Å². The molecule has 1 heterocycles. The van der Waals surface area contributed by atoms with Crippen LogP contribution in [0.25, 0.3) is 0 Å². The van der Waals surface area contributed by atoms with Crippen molar-refractivity contribution in [2.24, 2.45) is 7.05 Å². The molecule has 0 atom stereocenters. The minimum Gasteiger partial charge on any atom is -0.312 e. The van der Waals surface area contributed by atoms with Crippen molar-refractivity contribution in [3.8, 4) is 0 Å². The fraction of sp³-hybridized carbons (Fsp3) is 0.667. The zero-order valence-corrected chi connectivity index (χ0v) is 10.7. The van der Waals surface area contributed by atoms with Gasteiger partial charge in [-0.3, -0.25) is 4.68 Å². The summed E-state index contributed by atoms with van der Waals surface area (Å²) in [5, 5.41) is 7.47. The number of hydrogen-bond acceptors (Lipinski definition) is 3. The van der Waals surface area contributed by atoms with Crippen LogP contribution >= 0.6 is 0 Å². The van der Waals surface area contributed by atoms with Crippen molar-refractivity contribution in [3.63, 3.8) is 0 Å². The van der Waals surface area contributed by atoms with Crippen molar-refractivity contribution < 1.29 is 0 Å². The van der Waals surface area contributed by atoms with Crippen molar-refractivity contribution in [1.29, 1.82) is 0 Å². The Hall–Kier alpha value is -1.16. The largest absolute Gasteiger partial charge is 0.312 e. The zero-order chi connectivity index (χ0) is 12.0. The lowest BCUT2D eigenvalue weighted by molar-refractivity contribution is 0.431. The van der Waals surface area contributed by atoms with E-state index in [4.69, 9.17) is 0 Å². The first-order valence-electron chi connectivity index (χ1n) is 5.72. The Bertz CT molecular complexity index is 333. The number of hydrogen-bond donors (Lipinski definition) is 1. The lowest BCUT2D eigenvalue weighted by atomic mass is 10.1. The first kappa shape index (κ1) is 12.9. The molecule has 1 rings (SSSR count). The quantitative estimate of drug-likeness (QED) is 0.609. The minimum absolute atomic E-state index is 0.206. The normalized spacial score (nSPS) is 12.5. The molecule has 0 aromatic carbocycles. The summed E-state index contributed by atoms with van der Waals surface area (Å²) in [5.41, 5.74) is 0.206. The molecule has 1 aromatic heterocycles. The molecule has 0 fully saturated rings. The summed E-state index contributed by atoms with van der Waals surface area (Å²) in [6, 6.07) is 0. The summed E-state index contributed by atoms with van der Waals surface area (Å²) in [5.74, 6) is 1.00. The van der Waals surface area contributed by atoms with E-state index in [1.807, 2.05) is 7.05 Å². The van der Waals surface area contributed by atoms with Crippen molar-refractivity contribution >= 4 is 0 Å². The molecule has 0 spiro atoms. The predicted molar refractivity (Wildman–Crippen MR) is 66.2 cm³/mol. The fourth-order valence-electron chi connectivity index (χ4n) is 1.34. The molecular formula is C12H22N4. The van der Waals surface area contributed by atoms with Crippen LogP contribution in [0.1, 0.15) is 33.0 Å². The number of nitrogens with one attached hydrogen (secondary N) is 1. The number of allylic oxidation sites excluding steroid dienone is 1. The molecule has 0 saturated heterocycles.